The molecule has 0 bridgehead atoms. The maximum Gasteiger partial charge on any atom is 0.130 e. The van der Waals surface area contributed by atoms with Gasteiger partial charge in [0.2, 0.25) is 0 Å². The minimum absolute atomic E-state index is 0.0184. The quantitative estimate of drug-likeness (QED) is 0.234. The fraction of sp³-hybridized carbons (Fsp3) is 0.667. The van der Waals surface area contributed by atoms with Gasteiger partial charge in [0.05, 0.1) is 32.8 Å². The Morgan fingerprint density at radius 3 is 2.18 bits per heavy atom. The van der Waals surface area contributed by atoms with Crippen LogP contribution < -0.4 is 14.2 Å². The maximum absolute atomic E-state index is 5.89. The van der Waals surface area contributed by atoms with Gasteiger partial charge in [-0.1, -0.05) is 59.0 Å². The lowest BCUT2D eigenvalue weighted by molar-refractivity contribution is -0.0547. The van der Waals surface area contributed by atoms with Crippen LogP contribution in [0.25, 0.3) is 0 Å². The minimum atomic E-state index is -1.57. The average Bonchev–Trinajstić information content (AvgIpc) is 2.76. The summed E-state index contributed by atoms with van der Waals surface area (Å²) >= 11 is 0. The van der Waals surface area contributed by atoms with Crippen molar-refractivity contribution in [1.82, 2.24) is 0 Å². The van der Waals surface area contributed by atoms with E-state index in [1.807, 2.05) is 12.1 Å². The highest BCUT2D eigenvalue weighted by atomic mass is 28.3. The summed E-state index contributed by atoms with van der Waals surface area (Å²) in [4.78, 5) is 0. The lowest BCUT2D eigenvalue weighted by atomic mass is 9.47. The van der Waals surface area contributed by atoms with Gasteiger partial charge >= 0.3 is 0 Å². The summed E-state index contributed by atoms with van der Waals surface area (Å²) in [5, 5.41) is 0. The van der Waals surface area contributed by atoms with E-state index in [4.69, 9.17) is 14.2 Å². The zero-order chi connectivity index (χ0) is 25.3. The molecule has 2 aliphatic carbocycles. The SMILES string of the molecule is C=C1CC[C@H]2C(C)(C)CCC[C@]2(C)[C@H]1CC(C#C[Si](C)(C)C)c1c(OC)cc(OC)cc1OC. The van der Waals surface area contributed by atoms with E-state index in [-0.39, 0.29) is 11.3 Å². The van der Waals surface area contributed by atoms with Crippen LogP contribution in [0.1, 0.15) is 70.8 Å². The third kappa shape index (κ3) is 5.35. The summed E-state index contributed by atoms with van der Waals surface area (Å²) in [6, 6.07) is 3.93. The third-order valence-electron chi connectivity index (χ3n) is 8.51. The molecule has 0 saturated heterocycles. The molecule has 2 saturated carbocycles. The summed E-state index contributed by atoms with van der Waals surface area (Å²) in [7, 11) is 3.55. The van der Waals surface area contributed by atoms with E-state index in [2.05, 4.69) is 58.5 Å². The normalized spacial score (nSPS) is 27.1. The highest BCUT2D eigenvalue weighted by molar-refractivity contribution is 6.83. The van der Waals surface area contributed by atoms with Crippen molar-refractivity contribution in [1.29, 1.82) is 0 Å². The van der Waals surface area contributed by atoms with Gasteiger partial charge in [0, 0.05) is 12.1 Å². The second-order valence-electron chi connectivity index (χ2n) is 12.4. The highest BCUT2D eigenvalue weighted by Gasteiger charge is 2.53. The van der Waals surface area contributed by atoms with E-state index in [1.54, 1.807) is 21.3 Å². The van der Waals surface area contributed by atoms with Crippen LogP contribution in [0.3, 0.4) is 0 Å². The molecule has 188 valence electrons. The molecule has 2 aliphatic rings. The number of benzene rings is 1. The average molecular weight is 483 g/mol. The summed E-state index contributed by atoms with van der Waals surface area (Å²) in [5.74, 6) is 7.22. The van der Waals surface area contributed by atoms with Crippen molar-refractivity contribution in [3.8, 4) is 28.7 Å². The second kappa shape index (κ2) is 10.0. The predicted octanol–water partition coefficient (Wildman–Crippen LogP) is 7.87. The van der Waals surface area contributed by atoms with Gasteiger partial charge in [-0.05, 0) is 54.8 Å². The number of hydrogen-bond acceptors (Lipinski definition) is 3. The van der Waals surface area contributed by atoms with Crippen molar-refractivity contribution in [3.63, 3.8) is 0 Å². The fourth-order valence-corrected chi connectivity index (χ4v) is 7.48. The van der Waals surface area contributed by atoms with E-state index in [0.29, 0.717) is 11.3 Å². The molecule has 0 spiro atoms. The summed E-state index contributed by atoms with van der Waals surface area (Å²) in [6.45, 7) is 19.1. The smallest absolute Gasteiger partial charge is 0.130 e. The largest absolute Gasteiger partial charge is 0.496 e. The monoisotopic (exact) mass is 482 g/mol. The van der Waals surface area contributed by atoms with Crippen LogP contribution in [-0.2, 0) is 0 Å². The fourth-order valence-electron chi connectivity index (χ4n) is 6.87. The Bertz CT molecular complexity index is 936. The molecule has 0 heterocycles. The highest BCUT2D eigenvalue weighted by Crippen LogP contribution is 2.62. The minimum Gasteiger partial charge on any atom is -0.496 e. The number of hydrogen-bond donors (Lipinski definition) is 0. The van der Waals surface area contributed by atoms with Gasteiger partial charge in [-0.25, -0.2) is 0 Å². The first-order chi connectivity index (χ1) is 15.9. The zero-order valence-corrected chi connectivity index (χ0v) is 24.1. The van der Waals surface area contributed by atoms with Crippen LogP contribution in [0.5, 0.6) is 17.2 Å². The van der Waals surface area contributed by atoms with Gasteiger partial charge in [0.1, 0.15) is 25.3 Å². The third-order valence-corrected chi connectivity index (χ3v) is 9.41. The first kappa shape index (κ1) is 26.7. The van der Waals surface area contributed by atoms with Crippen molar-refractivity contribution in [2.24, 2.45) is 22.7 Å². The Hall–Kier alpha value is -1.86. The van der Waals surface area contributed by atoms with Gasteiger partial charge in [0.25, 0.3) is 0 Å². The standard InChI is InChI=1S/C30H46O3Si/c1-21-12-13-27-29(2,3)15-11-16-30(27,4)24(21)18-22(14-17-34(8,9)10)28-25(32-6)19-23(31-5)20-26(28)33-7/h19-20,22,24,27H,1,11-13,15-16,18H2,2-10H3/t22?,24-,27-,30+/m0/s1. The molecule has 3 rings (SSSR count). The number of ether oxygens (including phenoxy) is 3. The second-order valence-corrected chi connectivity index (χ2v) is 17.2. The first-order valence-electron chi connectivity index (χ1n) is 12.9. The van der Waals surface area contributed by atoms with Gasteiger partial charge in [-0.3, -0.25) is 0 Å². The van der Waals surface area contributed by atoms with E-state index < -0.39 is 8.07 Å². The molecule has 0 aromatic heterocycles. The molecular formula is C30H46O3Si. The molecule has 0 N–H and O–H groups in total. The molecule has 3 nitrogen and oxygen atoms in total. The van der Waals surface area contributed by atoms with Crippen LogP contribution in [0, 0.1) is 34.1 Å². The molecule has 4 atom stereocenters. The van der Waals surface area contributed by atoms with Crippen molar-refractivity contribution >= 4 is 8.07 Å². The Morgan fingerprint density at radius 2 is 1.65 bits per heavy atom. The molecule has 4 heteroatoms. The lowest BCUT2D eigenvalue weighted by Crippen LogP contribution is -2.49. The van der Waals surface area contributed by atoms with E-state index in [9.17, 15) is 0 Å². The number of methoxy groups -OCH3 is 3. The Morgan fingerprint density at radius 1 is 1.03 bits per heavy atom. The van der Waals surface area contributed by atoms with E-state index in [1.165, 1.54) is 31.3 Å². The van der Waals surface area contributed by atoms with Crippen molar-refractivity contribution in [2.75, 3.05) is 21.3 Å². The molecule has 1 aromatic carbocycles. The Kier molecular flexibility index (Phi) is 7.88. The van der Waals surface area contributed by atoms with Gasteiger partial charge in [-0.2, -0.15) is 0 Å². The van der Waals surface area contributed by atoms with E-state index >= 15 is 0 Å². The molecule has 34 heavy (non-hydrogen) atoms. The van der Waals surface area contributed by atoms with Gasteiger partial charge < -0.3 is 14.2 Å². The number of rotatable bonds is 6. The molecule has 0 amide bonds. The summed E-state index contributed by atoms with van der Waals surface area (Å²) < 4.78 is 17.3. The molecular weight excluding hydrogens is 436 g/mol. The van der Waals surface area contributed by atoms with Crippen molar-refractivity contribution in [3.05, 3.63) is 29.8 Å². The van der Waals surface area contributed by atoms with Gasteiger partial charge in [-0.15, -0.1) is 11.5 Å². The number of fused-ring (bicyclic) bond motifs is 1. The van der Waals surface area contributed by atoms with Crippen LogP contribution in [0.2, 0.25) is 19.6 Å². The Labute approximate surface area is 209 Å². The van der Waals surface area contributed by atoms with Crippen molar-refractivity contribution < 1.29 is 14.2 Å². The van der Waals surface area contributed by atoms with Crippen molar-refractivity contribution in [2.45, 2.75) is 84.9 Å². The molecule has 0 aliphatic heterocycles. The molecule has 0 radical (unpaired) electrons. The van der Waals surface area contributed by atoms with Crippen LogP contribution in [0.4, 0.5) is 0 Å². The first-order valence-corrected chi connectivity index (χ1v) is 16.4. The lowest BCUT2D eigenvalue weighted by Gasteiger charge is -2.58. The van der Waals surface area contributed by atoms with E-state index in [0.717, 1.165) is 41.6 Å². The zero-order valence-electron chi connectivity index (χ0n) is 23.1. The summed E-state index contributed by atoms with van der Waals surface area (Å²) in [6.07, 6.45) is 7.24. The van der Waals surface area contributed by atoms with Crippen LogP contribution in [-0.4, -0.2) is 29.4 Å². The van der Waals surface area contributed by atoms with Crippen LogP contribution in [0.15, 0.2) is 24.3 Å². The van der Waals surface area contributed by atoms with Gasteiger partial charge in [0.15, 0.2) is 0 Å². The molecule has 1 aromatic rings. The molecule has 1 unspecified atom stereocenters. The number of allylic oxidation sites excluding steroid dienone is 1. The Balaban J connectivity index is 2.13. The van der Waals surface area contributed by atoms with Crippen LogP contribution >= 0.6 is 0 Å². The summed E-state index contributed by atoms with van der Waals surface area (Å²) in [5.41, 5.74) is 6.75. The topological polar surface area (TPSA) is 27.7 Å². The maximum atomic E-state index is 5.89. The predicted molar refractivity (Wildman–Crippen MR) is 146 cm³/mol. The molecule has 2 fully saturated rings.